The van der Waals surface area contributed by atoms with Gasteiger partial charge in [0.25, 0.3) is 0 Å². The third-order valence-electron chi connectivity index (χ3n) is 6.09. The predicted octanol–water partition coefficient (Wildman–Crippen LogP) is 6.81. The van der Waals surface area contributed by atoms with E-state index in [9.17, 15) is 49.6 Å². The summed E-state index contributed by atoms with van der Waals surface area (Å²) in [4.78, 5) is 0. The zero-order valence-corrected chi connectivity index (χ0v) is 20.7. The number of benzene rings is 3. The molecule has 2 N–H and O–H groups in total. The van der Waals surface area contributed by atoms with Gasteiger partial charge in [-0.3, -0.25) is 0 Å². The molecule has 0 saturated carbocycles. The summed E-state index contributed by atoms with van der Waals surface area (Å²) in [5, 5.41) is 18.8. The molecule has 0 bridgehead atoms. The molecule has 0 atom stereocenters. The van der Waals surface area contributed by atoms with E-state index in [1.165, 1.54) is 0 Å². The Morgan fingerprint density at radius 1 is 0.477 bits per heavy atom. The van der Waals surface area contributed by atoms with Crippen LogP contribution in [-0.2, 0) is 6.42 Å². The minimum Gasteiger partial charge on any atom is -0.510 e. The molecule has 1 heterocycles. The van der Waals surface area contributed by atoms with Gasteiger partial charge >= 0.3 is 7.32 Å². The van der Waals surface area contributed by atoms with Crippen LogP contribution < -0.4 is 4.65 Å². The van der Waals surface area contributed by atoms with Crippen molar-refractivity contribution in [3.05, 3.63) is 93.0 Å². The van der Waals surface area contributed by atoms with Crippen molar-refractivity contribution >= 4 is 7.32 Å². The van der Waals surface area contributed by atoms with Crippen molar-refractivity contribution in [3.8, 4) is 33.8 Å². The monoisotopic (exact) mass is 653 g/mol. The molecule has 4 rings (SSSR count). The molecule has 0 fully saturated rings. The fourth-order valence-electron chi connectivity index (χ4n) is 4.29. The number of hydrogen-bond donors (Lipinski definition) is 2. The third kappa shape index (κ3) is 4.54. The highest BCUT2D eigenvalue weighted by Gasteiger charge is 2.41. The molecule has 44 heavy (non-hydrogen) atoms. The molecule has 0 aliphatic carbocycles. The Morgan fingerprint density at radius 3 is 1.14 bits per heavy atom. The zero-order valence-electron chi connectivity index (χ0n) is 20.7. The second-order valence-electron chi connectivity index (χ2n) is 8.44. The Morgan fingerprint density at radius 2 is 0.795 bits per heavy atom. The minimum atomic E-state index is -3.25. The maximum atomic E-state index is 15.2. The summed E-state index contributed by atoms with van der Waals surface area (Å²) in [7, 11) is -3.25. The second kappa shape index (κ2) is 11.3. The molecule has 4 nitrogen and oxygen atoms in total. The molecule has 1 aromatic heterocycles. The zero-order chi connectivity index (χ0) is 33.3. The molecule has 3 aromatic carbocycles. The van der Waals surface area contributed by atoms with Crippen LogP contribution in [0.1, 0.15) is 12.6 Å². The lowest BCUT2D eigenvalue weighted by molar-refractivity contribution is 0.287. The van der Waals surface area contributed by atoms with Gasteiger partial charge in [0.1, 0.15) is 11.4 Å². The molecule has 0 saturated heterocycles. The summed E-state index contributed by atoms with van der Waals surface area (Å²) in [6, 6.07) is 0. The quantitative estimate of drug-likeness (QED) is 0.104. The molecule has 0 unspecified atom stereocenters. The third-order valence-corrected chi connectivity index (χ3v) is 6.09. The predicted molar refractivity (Wildman–Crippen MR) is 116 cm³/mol. The highest BCUT2D eigenvalue weighted by Crippen LogP contribution is 2.51. The van der Waals surface area contributed by atoms with Gasteiger partial charge < -0.3 is 19.3 Å². The van der Waals surface area contributed by atoms with E-state index in [-0.39, 0.29) is 0 Å². The summed E-state index contributed by atoms with van der Waals surface area (Å²) in [5.41, 5.74) is -12.9. The number of hydrogen-bond acceptors (Lipinski definition) is 3. The maximum absolute atomic E-state index is 15.2. The molecule has 0 aliphatic rings. The average molecular weight is 653 g/mol. The van der Waals surface area contributed by atoms with Crippen molar-refractivity contribution in [2.24, 2.45) is 0 Å². The highest BCUT2D eigenvalue weighted by atomic mass is 19.2. The first kappa shape index (κ1) is 32.6. The Hall–Kier alpha value is -4.33. The van der Waals surface area contributed by atoms with E-state index >= 15 is 26.3 Å². The molecule has 4 aromatic rings. The first-order valence-electron chi connectivity index (χ1n) is 11.3. The van der Waals surface area contributed by atoms with Crippen LogP contribution in [0.3, 0.4) is 0 Å². The van der Waals surface area contributed by atoms with Gasteiger partial charge in [-0.1, -0.05) is 6.92 Å². The molecule has 234 valence electrons. The van der Waals surface area contributed by atoms with Crippen molar-refractivity contribution in [1.29, 1.82) is 0 Å². The van der Waals surface area contributed by atoms with Gasteiger partial charge in [-0.2, -0.15) is 0 Å². The normalized spacial score (nSPS) is 11.5. The van der Waals surface area contributed by atoms with Crippen LogP contribution in [0.4, 0.5) is 65.9 Å². The van der Waals surface area contributed by atoms with Crippen molar-refractivity contribution in [1.82, 2.24) is 4.57 Å². The van der Waals surface area contributed by atoms with E-state index in [1.54, 1.807) is 0 Å². The van der Waals surface area contributed by atoms with E-state index in [2.05, 4.69) is 4.65 Å². The van der Waals surface area contributed by atoms with Crippen LogP contribution in [0.5, 0.6) is 5.75 Å². The van der Waals surface area contributed by atoms with Gasteiger partial charge in [0, 0.05) is 0 Å². The van der Waals surface area contributed by atoms with Crippen molar-refractivity contribution in [3.63, 3.8) is 0 Å². The molecule has 20 heteroatoms. The molecule has 0 amide bonds. The Balaban J connectivity index is 2.50. The Kier molecular flexibility index (Phi) is 8.37. The van der Waals surface area contributed by atoms with E-state index in [4.69, 9.17) is 0 Å². The van der Waals surface area contributed by atoms with Gasteiger partial charge in [0.05, 0.1) is 28.1 Å². The second-order valence-corrected chi connectivity index (χ2v) is 8.44. The first-order chi connectivity index (χ1) is 20.4. The molecular weight excluding hydrogens is 646 g/mol. The van der Waals surface area contributed by atoms with E-state index < -0.39 is 145 Å². The van der Waals surface area contributed by atoms with Crippen molar-refractivity contribution in [2.45, 2.75) is 13.3 Å². The van der Waals surface area contributed by atoms with Crippen LogP contribution in [0.15, 0.2) is 0 Å². The fourth-order valence-corrected chi connectivity index (χ4v) is 4.29. The summed E-state index contributed by atoms with van der Waals surface area (Å²) >= 11 is 0. The lowest BCUT2D eigenvalue weighted by Gasteiger charge is -2.18. The minimum absolute atomic E-state index is 0.598. The summed E-state index contributed by atoms with van der Waals surface area (Å²) in [6.07, 6.45) is -1.04. The topological polar surface area (TPSA) is 54.6 Å². The molecule has 0 aliphatic heterocycles. The molecule has 0 spiro atoms. The largest absolute Gasteiger partial charge is 0.707 e. The van der Waals surface area contributed by atoms with Crippen LogP contribution in [0, 0.1) is 87.3 Å². The number of nitrogens with zero attached hydrogens (tertiary/aromatic N) is 1. The number of halogens is 15. The smallest absolute Gasteiger partial charge is 0.510 e. The van der Waals surface area contributed by atoms with Crippen LogP contribution in [0.25, 0.3) is 28.1 Å². The lowest BCUT2D eigenvalue weighted by Crippen LogP contribution is -2.22. The fraction of sp³-hybridized carbons (Fsp3) is 0.0833. The molecule has 0 radical (unpaired) electrons. The van der Waals surface area contributed by atoms with Gasteiger partial charge in [0.15, 0.2) is 69.8 Å². The van der Waals surface area contributed by atoms with Gasteiger partial charge in [0.2, 0.25) is 17.5 Å². The van der Waals surface area contributed by atoms with E-state index in [0.717, 1.165) is 6.92 Å². The van der Waals surface area contributed by atoms with Crippen LogP contribution in [0.2, 0.25) is 0 Å². The van der Waals surface area contributed by atoms with Gasteiger partial charge in [-0.05, 0) is 6.42 Å². The van der Waals surface area contributed by atoms with Gasteiger partial charge in [-0.15, -0.1) is 0 Å². The Labute approximate surface area is 233 Å². The SMILES string of the molecule is CCc1c(OB(O)O)c(-c2c(F)c(F)c(F)c(F)c2F)c(-c2c(F)c(F)c(F)c(F)c2F)n1-c1c(F)c(F)c(F)c(F)c1F. The lowest BCUT2D eigenvalue weighted by atomic mass is 9.97. The maximum Gasteiger partial charge on any atom is 0.707 e. The number of aromatic nitrogens is 1. The summed E-state index contributed by atoms with van der Waals surface area (Å²) in [5.74, 6) is -45.2. The Bertz CT molecular complexity index is 1790. The summed E-state index contributed by atoms with van der Waals surface area (Å²) < 4.78 is 222. The first-order valence-corrected chi connectivity index (χ1v) is 11.3. The highest BCUT2D eigenvalue weighted by molar-refractivity contribution is 6.34. The molecular formula is C24H7BF15NO3. The van der Waals surface area contributed by atoms with Crippen molar-refractivity contribution in [2.75, 3.05) is 0 Å². The van der Waals surface area contributed by atoms with Crippen LogP contribution >= 0.6 is 0 Å². The average Bonchev–Trinajstić information content (AvgIpc) is 3.27. The van der Waals surface area contributed by atoms with Gasteiger partial charge in [-0.25, -0.2) is 65.9 Å². The van der Waals surface area contributed by atoms with Crippen molar-refractivity contribution < 1.29 is 80.6 Å². The van der Waals surface area contributed by atoms with E-state index in [0.29, 0.717) is 0 Å². The van der Waals surface area contributed by atoms with E-state index in [1.807, 2.05) is 0 Å². The van der Waals surface area contributed by atoms with Crippen LogP contribution in [-0.4, -0.2) is 21.9 Å². The number of rotatable bonds is 6. The summed E-state index contributed by atoms with van der Waals surface area (Å²) in [6.45, 7) is 0.832. The standard InChI is InChI=1S/C24H7BF15NO3/c1-2-3-24(44-25(42)43)5(4-7(26)11(30)15(34)12(31)8(4)27)22(6-9(28)13(32)16(35)14(33)10(6)29)41(3)23-20(39)18(37)17(36)19(38)21(23)40/h42-43H,2H2,1H3.